The quantitative estimate of drug-likeness (QED) is 0.458. The molecule has 1 heterocycles. The Hall–Kier alpha value is -1.86. The molecule has 2 N–H and O–H groups in total. The summed E-state index contributed by atoms with van der Waals surface area (Å²) in [5.74, 6) is 0.370. The number of carbonyl (C=O) groups excluding carboxylic acids is 1. The molecule has 0 unspecified atom stereocenters. The van der Waals surface area contributed by atoms with Crippen molar-refractivity contribution in [2.24, 2.45) is 0 Å². The minimum absolute atomic E-state index is 0.0231. The lowest BCUT2D eigenvalue weighted by Crippen LogP contribution is -1.97. The van der Waals surface area contributed by atoms with Crippen LogP contribution in [-0.2, 0) is 14.9 Å². The van der Waals surface area contributed by atoms with E-state index in [9.17, 15) is 13.2 Å². The molecular weight excluding hydrogens is 246 g/mol. The number of methoxy groups -OCH3 is 1. The minimum atomic E-state index is -4.12. The predicted molar refractivity (Wildman–Crippen MR) is 60.1 cm³/mol. The van der Waals surface area contributed by atoms with Crippen LogP contribution in [0.5, 0.6) is 5.75 Å². The monoisotopic (exact) mass is 257 g/mol. The highest BCUT2D eigenvalue weighted by Gasteiger charge is 2.20. The average molecular weight is 257 g/mol. The van der Waals surface area contributed by atoms with Crippen molar-refractivity contribution < 1.29 is 22.5 Å². The van der Waals surface area contributed by atoms with Crippen molar-refractivity contribution in [1.82, 2.24) is 5.32 Å². The first kappa shape index (κ1) is 13.2. The van der Waals surface area contributed by atoms with Gasteiger partial charge in [0.25, 0.3) is 16.0 Å². The maximum Gasteiger partial charge on any atom is 0.294 e. The molecule has 0 spiro atoms. The van der Waals surface area contributed by atoms with Crippen molar-refractivity contribution >= 4 is 16.0 Å². The second-order valence-electron chi connectivity index (χ2n) is 3.09. The zero-order valence-electron chi connectivity index (χ0n) is 9.00. The highest BCUT2D eigenvalue weighted by molar-refractivity contribution is 7.85. The van der Waals surface area contributed by atoms with Crippen molar-refractivity contribution in [2.75, 3.05) is 7.11 Å². The first-order valence-corrected chi connectivity index (χ1v) is 5.90. The minimum Gasteiger partial charge on any atom is -0.497 e. The maximum atomic E-state index is 10.6. The smallest absolute Gasteiger partial charge is 0.294 e. The van der Waals surface area contributed by atoms with Crippen LogP contribution in [0, 0.1) is 0 Å². The van der Waals surface area contributed by atoms with E-state index in [4.69, 9.17) is 9.29 Å². The van der Waals surface area contributed by atoms with Gasteiger partial charge in [-0.3, -0.25) is 9.35 Å². The molecule has 92 valence electrons. The van der Waals surface area contributed by atoms with Gasteiger partial charge < -0.3 is 10.1 Å². The van der Waals surface area contributed by atoms with E-state index in [-0.39, 0.29) is 10.8 Å². The largest absolute Gasteiger partial charge is 0.497 e. The molecule has 17 heavy (non-hydrogen) atoms. The Morgan fingerprint density at radius 3 is 2.29 bits per heavy atom. The van der Waals surface area contributed by atoms with Crippen LogP contribution < -0.4 is 10.1 Å². The summed E-state index contributed by atoms with van der Waals surface area (Å²) < 4.78 is 34.6. The van der Waals surface area contributed by atoms with Crippen LogP contribution in [0.4, 0.5) is 0 Å². The summed E-state index contributed by atoms with van der Waals surface area (Å²) in [7, 11) is -2.70. The van der Waals surface area contributed by atoms with Crippen molar-refractivity contribution in [3.8, 4) is 5.75 Å². The fourth-order valence-electron chi connectivity index (χ4n) is 0.867. The molecule has 0 aromatic heterocycles. The summed E-state index contributed by atoms with van der Waals surface area (Å²) in [6.45, 7) is 3.29. The Morgan fingerprint density at radius 2 is 1.94 bits per heavy atom. The number of amides is 1. The van der Waals surface area contributed by atoms with E-state index in [0.29, 0.717) is 11.4 Å². The third-order valence-electron chi connectivity index (χ3n) is 1.82. The zero-order chi connectivity index (χ0) is 13.1. The third-order valence-corrected chi connectivity index (χ3v) is 2.66. The number of rotatable bonds is 2. The fraction of sp³-hybridized carbons (Fsp3) is 0.100. The zero-order valence-corrected chi connectivity index (χ0v) is 9.82. The second kappa shape index (κ2) is 4.98. The molecular formula is C10H11NO5S. The van der Waals surface area contributed by atoms with Crippen molar-refractivity contribution in [3.05, 3.63) is 36.5 Å². The SMILES string of the molecule is C=C1NC1=O.COc1cccc(S(=O)(=O)O)c1. The van der Waals surface area contributed by atoms with Gasteiger partial charge in [-0.05, 0) is 12.1 Å². The van der Waals surface area contributed by atoms with Crippen LogP contribution in [0.3, 0.4) is 0 Å². The Balaban J connectivity index is 0.000000239. The summed E-state index contributed by atoms with van der Waals surface area (Å²) in [5, 5.41) is 2.36. The highest BCUT2D eigenvalue weighted by atomic mass is 32.2. The van der Waals surface area contributed by atoms with Gasteiger partial charge in [0.1, 0.15) is 5.75 Å². The summed E-state index contributed by atoms with van der Waals surface area (Å²) in [6.07, 6.45) is 0. The van der Waals surface area contributed by atoms with E-state index >= 15 is 0 Å². The summed E-state index contributed by atoms with van der Waals surface area (Å²) in [6, 6.07) is 5.61. The Labute approximate surface area is 98.7 Å². The molecule has 0 atom stereocenters. The van der Waals surface area contributed by atoms with Crippen molar-refractivity contribution in [3.63, 3.8) is 0 Å². The molecule has 0 radical (unpaired) electrons. The summed E-state index contributed by atoms with van der Waals surface area (Å²) >= 11 is 0. The Kier molecular flexibility index (Phi) is 3.87. The number of ether oxygens (including phenoxy) is 1. The summed E-state index contributed by atoms with van der Waals surface area (Å²) in [5.41, 5.74) is 0.532. The molecule has 2 rings (SSSR count). The van der Waals surface area contributed by atoms with E-state index in [0.717, 1.165) is 0 Å². The van der Waals surface area contributed by atoms with E-state index in [1.54, 1.807) is 6.07 Å². The average Bonchev–Trinajstić information content (AvgIpc) is 2.92. The maximum absolute atomic E-state index is 10.6. The van der Waals surface area contributed by atoms with Crippen LogP contribution in [0.25, 0.3) is 0 Å². The second-order valence-corrected chi connectivity index (χ2v) is 4.51. The first-order valence-electron chi connectivity index (χ1n) is 4.46. The van der Waals surface area contributed by atoms with E-state index < -0.39 is 10.1 Å². The molecule has 7 heteroatoms. The number of benzene rings is 1. The molecule has 0 bridgehead atoms. The van der Waals surface area contributed by atoms with Crippen LogP contribution in [0.1, 0.15) is 0 Å². The van der Waals surface area contributed by atoms with Crippen molar-refractivity contribution in [2.45, 2.75) is 4.90 Å². The van der Waals surface area contributed by atoms with Crippen molar-refractivity contribution in [1.29, 1.82) is 0 Å². The molecule has 1 saturated heterocycles. The van der Waals surface area contributed by atoms with Gasteiger partial charge in [-0.25, -0.2) is 0 Å². The lowest BCUT2D eigenvalue weighted by molar-refractivity contribution is -0.109. The number of nitrogens with one attached hydrogen (secondary N) is 1. The fourth-order valence-corrected chi connectivity index (χ4v) is 1.38. The van der Waals surface area contributed by atoms with Crippen LogP contribution in [0.2, 0.25) is 0 Å². The molecule has 1 aliphatic rings. The van der Waals surface area contributed by atoms with Gasteiger partial charge in [0, 0.05) is 6.07 Å². The summed E-state index contributed by atoms with van der Waals surface area (Å²) in [4.78, 5) is 9.51. The molecule has 6 nitrogen and oxygen atoms in total. The molecule has 1 aliphatic heterocycles. The van der Waals surface area contributed by atoms with Gasteiger partial charge >= 0.3 is 0 Å². The standard InChI is InChI=1S/C7H8O4S.C3H3NO/c1-11-6-3-2-4-7(5-6)12(8,9)10;1-2-3(5)4-2/h2-5H,1H3,(H,8,9,10);1H2,(H,4,5). The lowest BCUT2D eigenvalue weighted by atomic mass is 10.3. The molecule has 0 aliphatic carbocycles. The van der Waals surface area contributed by atoms with Crippen LogP contribution in [-0.4, -0.2) is 26.0 Å². The molecule has 1 amide bonds. The Morgan fingerprint density at radius 1 is 1.41 bits per heavy atom. The number of carbonyl (C=O) groups is 1. The van der Waals surface area contributed by atoms with Gasteiger partial charge in [-0.15, -0.1) is 0 Å². The molecule has 1 fully saturated rings. The first-order chi connectivity index (χ1) is 7.84. The Bertz CT molecular complexity index is 538. The van der Waals surface area contributed by atoms with Gasteiger partial charge in [0.2, 0.25) is 0 Å². The normalized spacial score (nSPS) is 13.3. The van der Waals surface area contributed by atoms with E-state index in [1.165, 1.54) is 25.3 Å². The van der Waals surface area contributed by atoms with Gasteiger partial charge in [-0.2, -0.15) is 8.42 Å². The van der Waals surface area contributed by atoms with Gasteiger partial charge in [0.15, 0.2) is 0 Å². The third kappa shape index (κ3) is 4.25. The number of hydrogen-bond acceptors (Lipinski definition) is 4. The van der Waals surface area contributed by atoms with Crippen LogP contribution >= 0.6 is 0 Å². The van der Waals surface area contributed by atoms with Crippen LogP contribution in [0.15, 0.2) is 41.4 Å². The lowest BCUT2D eigenvalue weighted by Gasteiger charge is -2.00. The highest BCUT2D eigenvalue weighted by Crippen LogP contribution is 2.16. The van der Waals surface area contributed by atoms with Gasteiger partial charge in [0.05, 0.1) is 17.7 Å². The molecule has 1 aromatic rings. The van der Waals surface area contributed by atoms with E-state index in [1.807, 2.05) is 0 Å². The van der Waals surface area contributed by atoms with E-state index in [2.05, 4.69) is 11.9 Å². The molecule has 1 aromatic carbocycles. The number of hydrogen-bond donors (Lipinski definition) is 2. The topological polar surface area (TPSA) is 103 Å². The van der Waals surface area contributed by atoms with Gasteiger partial charge in [-0.1, -0.05) is 12.6 Å². The predicted octanol–water partition coefficient (Wildman–Crippen LogP) is 0.572. The molecule has 0 saturated carbocycles.